The van der Waals surface area contributed by atoms with Crippen molar-refractivity contribution < 1.29 is 9.66 Å². The van der Waals surface area contributed by atoms with E-state index in [1.165, 1.54) is 12.1 Å². The van der Waals surface area contributed by atoms with Crippen molar-refractivity contribution in [1.29, 1.82) is 0 Å². The van der Waals surface area contributed by atoms with Gasteiger partial charge in [-0.15, -0.1) is 0 Å². The molecule has 3 aromatic rings. The van der Waals surface area contributed by atoms with Gasteiger partial charge in [0, 0.05) is 61.5 Å². The van der Waals surface area contributed by atoms with E-state index in [1.807, 2.05) is 31.3 Å². The number of non-ortho nitro benzene ring substituents is 1. The Balaban J connectivity index is 1.69. The Morgan fingerprint density at radius 3 is 2.87 bits per heavy atom. The fourth-order valence-electron chi connectivity index (χ4n) is 3.59. The zero-order chi connectivity index (χ0) is 20.9. The Labute approximate surface area is 174 Å². The normalized spacial score (nSPS) is 15.8. The number of benzene rings is 1. The van der Waals surface area contributed by atoms with Gasteiger partial charge in [-0.2, -0.15) is 0 Å². The Morgan fingerprint density at radius 1 is 1.23 bits per heavy atom. The summed E-state index contributed by atoms with van der Waals surface area (Å²) in [5, 5.41) is 11.2. The van der Waals surface area contributed by atoms with E-state index in [2.05, 4.69) is 14.9 Å². The molecule has 0 radical (unpaired) electrons. The van der Waals surface area contributed by atoms with Gasteiger partial charge in [-0.05, 0) is 31.4 Å². The van der Waals surface area contributed by atoms with Gasteiger partial charge in [0.15, 0.2) is 5.82 Å². The molecule has 8 heteroatoms. The van der Waals surface area contributed by atoms with Crippen LogP contribution in [0.4, 0.5) is 11.5 Å². The molecule has 0 N–H and O–H groups in total. The average Bonchev–Trinajstić information content (AvgIpc) is 3.27. The molecule has 4 rings (SSSR count). The summed E-state index contributed by atoms with van der Waals surface area (Å²) in [5.41, 5.74) is 2.51. The van der Waals surface area contributed by atoms with Crippen molar-refractivity contribution in [2.24, 2.45) is 0 Å². The molecule has 0 saturated carbocycles. The maximum Gasteiger partial charge on any atom is 0.270 e. The number of nitrogens with zero attached hydrogens (tertiary/aromatic N) is 5. The van der Waals surface area contributed by atoms with Crippen LogP contribution in [-0.2, 0) is 11.3 Å². The van der Waals surface area contributed by atoms with E-state index in [1.54, 1.807) is 18.3 Å². The number of nitro benzene ring substituents is 1. The lowest BCUT2D eigenvalue weighted by Crippen LogP contribution is -2.32. The fraction of sp³-hybridized carbons (Fsp3) is 0.318. The molecule has 2 aromatic heterocycles. The van der Waals surface area contributed by atoms with E-state index < -0.39 is 4.92 Å². The molecule has 0 bridgehead atoms. The van der Waals surface area contributed by atoms with Crippen LogP contribution < -0.4 is 4.90 Å². The quantitative estimate of drug-likeness (QED) is 0.434. The molecule has 1 aliphatic heterocycles. The number of hydrogen-bond acceptors (Lipinski definition) is 7. The van der Waals surface area contributed by atoms with Crippen molar-refractivity contribution in [3.05, 3.63) is 76.2 Å². The summed E-state index contributed by atoms with van der Waals surface area (Å²) in [5.74, 6) is 1.24. The number of rotatable bonds is 7. The summed E-state index contributed by atoms with van der Waals surface area (Å²) in [6.45, 7) is 4.03. The van der Waals surface area contributed by atoms with Gasteiger partial charge < -0.3 is 9.64 Å². The summed E-state index contributed by atoms with van der Waals surface area (Å²) >= 11 is 0. The number of pyridine rings is 1. The Hall–Kier alpha value is -3.39. The maximum absolute atomic E-state index is 11.2. The third kappa shape index (κ3) is 4.77. The average molecular weight is 405 g/mol. The van der Waals surface area contributed by atoms with E-state index in [4.69, 9.17) is 9.72 Å². The Kier molecular flexibility index (Phi) is 5.94. The first-order valence-corrected chi connectivity index (χ1v) is 9.94. The molecule has 0 amide bonds. The minimum Gasteiger partial charge on any atom is -0.376 e. The lowest BCUT2D eigenvalue weighted by molar-refractivity contribution is -0.384. The lowest BCUT2D eigenvalue weighted by Gasteiger charge is -2.27. The second-order valence-electron chi connectivity index (χ2n) is 7.38. The molecular weight excluding hydrogens is 382 g/mol. The van der Waals surface area contributed by atoms with E-state index in [0.29, 0.717) is 24.5 Å². The molecule has 0 aliphatic carbocycles. The second kappa shape index (κ2) is 8.96. The van der Waals surface area contributed by atoms with Gasteiger partial charge in [0.1, 0.15) is 5.82 Å². The van der Waals surface area contributed by atoms with Gasteiger partial charge in [-0.1, -0.05) is 18.2 Å². The number of hydrogen-bond donors (Lipinski definition) is 0. The van der Waals surface area contributed by atoms with Crippen molar-refractivity contribution in [3.8, 4) is 11.4 Å². The molecule has 0 unspecified atom stereocenters. The van der Waals surface area contributed by atoms with Gasteiger partial charge in [-0.25, -0.2) is 9.97 Å². The molecule has 30 heavy (non-hydrogen) atoms. The largest absolute Gasteiger partial charge is 0.376 e. The number of nitro groups is 1. The summed E-state index contributed by atoms with van der Waals surface area (Å²) < 4.78 is 5.85. The smallest absolute Gasteiger partial charge is 0.270 e. The topological polar surface area (TPSA) is 94.3 Å². The molecule has 0 spiro atoms. The second-order valence-corrected chi connectivity index (χ2v) is 7.38. The summed E-state index contributed by atoms with van der Waals surface area (Å²) in [7, 11) is 0. The van der Waals surface area contributed by atoms with Crippen LogP contribution in [0.15, 0.2) is 54.9 Å². The molecule has 1 fully saturated rings. The van der Waals surface area contributed by atoms with Crippen LogP contribution in [0.1, 0.15) is 24.1 Å². The van der Waals surface area contributed by atoms with Crippen LogP contribution in [0.2, 0.25) is 0 Å². The van der Waals surface area contributed by atoms with Crippen LogP contribution in [0.5, 0.6) is 0 Å². The fourth-order valence-corrected chi connectivity index (χ4v) is 3.59. The van der Waals surface area contributed by atoms with Gasteiger partial charge in [0.2, 0.25) is 0 Å². The third-order valence-electron chi connectivity index (χ3n) is 5.02. The highest BCUT2D eigenvalue weighted by Crippen LogP contribution is 2.25. The monoisotopic (exact) mass is 405 g/mol. The first-order chi connectivity index (χ1) is 14.6. The van der Waals surface area contributed by atoms with Crippen LogP contribution in [0, 0.1) is 17.0 Å². The Morgan fingerprint density at radius 2 is 2.13 bits per heavy atom. The summed E-state index contributed by atoms with van der Waals surface area (Å²) in [6, 6.07) is 12.3. The van der Waals surface area contributed by atoms with Gasteiger partial charge in [-0.3, -0.25) is 15.1 Å². The van der Waals surface area contributed by atoms with Crippen molar-refractivity contribution in [3.63, 3.8) is 0 Å². The maximum atomic E-state index is 11.2. The van der Waals surface area contributed by atoms with E-state index >= 15 is 0 Å². The van der Waals surface area contributed by atoms with Crippen LogP contribution in [-0.4, -0.2) is 39.1 Å². The van der Waals surface area contributed by atoms with Crippen LogP contribution >= 0.6 is 0 Å². The SMILES string of the molecule is Cc1cc(N(Cc2cccnc2)C[C@H]2CCCO2)nc(-c2cccc([N+](=O)[O-])c2)n1. The number of aromatic nitrogens is 3. The molecule has 1 aliphatic rings. The van der Waals surface area contributed by atoms with Gasteiger partial charge >= 0.3 is 0 Å². The van der Waals surface area contributed by atoms with E-state index in [-0.39, 0.29) is 11.8 Å². The predicted octanol–water partition coefficient (Wildman–Crippen LogP) is 3.94. The minimum atomic E-state index is -0.410. The number of ether oxygens (including phenoxy) is 1. The zero-order valence-corrected chi connectivity index (χ0v) is 16.8. The highest BCUT2D eigenvalue weighted by atomic mass is 16.6. The molecule has 154 valence electrons. The van der Waals surface area contributed by atoms with Gasteiger partial charge in [0.05, 0.1) is 11.0 Å². The third-order valence-corrected chi connectivity index (χ3v) is 5.02. The first-order valence-electron chi connectivity index (χ1n) is 9.94. The standard InChI is InChI=1S/C22H23N5O3/c1-16-11-21(25-22(24-16)18-6-2-7-19(12-18)27(28)29)26(15-20-8-4-10-30-20)14-17-5-3-9-23-13-17/h2-3,5-7,9,11-13,20H,4,8,10,14-15H2,1H3/t20-/m1/s1. The predicted molar refractivity (Wildman–Crippen MR) is 113 cm³/mol. The highest BCUT2D eigenvalue weighted by molar-refractivity contribution is 5.61. The molecular formula is C22H23N5O3. The highest BCUT2D eigenvalue weighted by Gasteiger charge is 2.22. The molecule has 8 nitrogen and oxygen atoms in total. The number of anilines is 1. The van der Waals surface area contributed by atoms with Crippen LogP contribution in [0.3, 0.4) is 0 Å². The van der Waals surface area contributed by atoms with Crippen LogP contribution in [0.25, 0.3) is 11.4 Å². The van der Waals surface area contributed by atoms with E-state index in [9.17, 15) is 10.1 Å². The van der Waals surface area contributed by atoms with Crippen molar-refractivity contribution >= 4 is 11.5 Å². The van der Waals surface area contributed by atoms with Gasteiger partial charge in [0.25, 0.3) is 5.69 Å². The summed E-state index contributed by atoms with van der Waals surface area (Å²) in [4.78, 5) is 26.4. The van der Waals surface area contributed by atoms with E-state index in [0.717, 1.165) is 36.5 Å². The lowest BCUT2D eigenvalue weighted by atomic mass is 10.1. The molecule has 3 heterocycles. The van der Waals surface area contributed by atoms with Crippen molar-refractivity contribution in [1.82, 2.24) is 15.0 Å². The first kappa shape index (κ1) is 19.9. The molecule has 1 saturated heterocycles. The molecule has 1 atom stereocenters. The minimum absolute atomic E-state index is 0.0192. The zero-order valence-electron chi connectivity index (χ0n) is 16.8. The van der Waals surface area contributed by atoms with Crippen molar-refractivity contribution in [2.75, 3.05) is 18.1 Å². The molecule has 1 aromatic carbocycles. The Bertz CT molecular complexity index is 1020. The number of aryl methyl sites for hydroxylation is 1. The van der Waals surface area contributed by atoms with Crippen molar-refractivity contribution in [2.45, 2.75) is 32.4 Å². The summed E-state index contributed by atoms with van der Waals surface area (Å²) in [6.07, 6.45) is 5.83.